The molecular weight excluding hydrogens is 290 g/mol. The Morgan fingerprint density at radius 2 is 1.83 bits per heavy atom. The van der Waals surface area contributed by atoms with E-state index >= 15 is 0 Å². The second-order valence-electron chi connectivity index (χ2n) is 5.44. The number of ether oxygens (including phenoxy) is 1. The number of amides is 1. The van der Waals surface area contributed by atoms with E-state index in [0.29, 0.717) is 18.0 Å². The normalized spacial score (nSPS) is 12.3. The highest BCUT2D eigenvalue weighted by Crippen LogP contribution is 2.27. The van der Waals surface area contributed by atoms with Gasteiger partial charge < -0.3 is 14.5 Å². The summed E-state index contributed by atoms with van der Waals surface area (Å²) >= 11 is 0. The molecule has 1 N–H and O–H groups in total. The number of methoxy groups -OCH3 is 1. The second kappa shape index (κ2) is 6.67. The molecule has 0 bridgehead atoms. The van der Waals surface area contributed by atoms with Gasteiger partial charge in [0.05, 0.1) is 12.6 Å². The van der Waals surface area contributed by atoms with Crippen LogP contribution in [0.4, 0.5) is 0 Å². The molecule has 0 aliphatic heterocycles. The van der Waals surface area contributed by atoms with Gasteiger partial charge in [0.15, 0.2) is 5.76 Å². The molecule has 3 rings (SSSR count). The highest BCUT2D eigenvalue weighted by molar-refractivity contribution is 5.99. The Morgan fingerprint density at radius 3 is 2.57 bits per heavy atom. The summed E-state index contributed by atoms with van der Waals surface area (Å²) in [5.41, 5.74) is 2.52. The van der Waals surface area contributed by atoms with Gasteiger partial charge in [-0.1, -0.05) is 48.5 Å². The Hall–Kier alpha value is -2.59. The van der Waals surface area contributed by atoms with Gasteiger partial charge in [0, 0.05) is 18.1 Å². The average Bonchev–Trinajstić information content (AvgIpc) is 2.95. The number of nitrogens with one attached hydrogen (secondary N) is 1. The lowest BCUT2D eigenvalue weighted by atomic mass is 10.1. The first-order valence-corrected chi connectivity index (χ1v) is 7.56. The van der Waals surface area contributed by atoms with Crippen LogP contribution >= 0.6 is 0 Å². The second-order valence-corrected chi connectivity index (χ2v) is 5.44. The van der Waals surface area contributed by atoms with E-state index in [0.717, 1.165) is 16.5 Å². The standard InChI is InChI=1S/C19H19NO3/c1-13(14-8-4-3-5-9-14)20-19(21)18-16(12-22-2)15-10-6-7-11-17(15)23-18/h3-11,13H,12H2,1-2H3,(H,20,21). The van der Waals surface area contributed by atoms with Crippen LogP contribution in [0.5, 0.6) is 0 Å². The minimum absolute atomic E-state index is 0.104. The predicted molar refractivity (Wildman–Crippen MR) is 89.3 cm³/mol. The van der Waals surface area contributed by atoms with Crippen molar-refractivity contribution < 1.29 is 13.9 Å². The van der Waals surface area contributed by atoms with Crippen molar-refractivity contribution in [3.8, 4) is 0 Å². The van der Waals surface area contributed by atoms with Gasteiger partial charge in [-0.25, -0.2) is 0 Å². The third-order valence-electron chi connectivity index (χ3n) is 3.84. The van der Waals surface area contributed by atoms with Crippen LogP contribution in [0.15, 0.2) is 59.0 Å². The van der Waals surface area contributed by atoms with Gasteiger partial charge in [-0.3, -0.25) is 4.79 Å². The average molecular weight is 309 g/mol. The molecule has 0 spiro atoms. The quantitative estimate of drug-likeness (QED) is 0.773. The summed E-state index contributed by atoms with van der Waals surface area (Å²) in [7, 11) is 1.61. The Kier molecular flexibility index (Phi) is 4.44. The molecular formula is C19H19NO3. The monoisotopic (exact) mass is 309 g/mol. The van der Waals surface area contributed by atoms with Crippen LogP contribution in [0.3, 0.4) is 0 Å². The zero-order valence-electron chi connectivity index (χ0n) is 13.2. The number of carbonyl (C=O) groups is 1. The lowest BCUT2D eigenvalue weighted by Gasteiger charge is -2.13. The van der Waals surface area contributed by atoms with Gasteiger partial charge in [-0.15, -0.1) is 0 Å². The Morgan fingerprint density at radius 1 is 1.13 bits per heavy atom. The summed E-state index contributed by atoms with van der Waals surface area (Å²) in [5, 5.41) is 3.89. The van der Waals surface area contributed by atoms with Crippen LogP contribution in [-0.4, -0.2) is 13.0 Å². The molecule has 1 atom stereocenters. The molecule has 1 unspecified atom stereocenters. The van der Waals surface area contributed by atoms with Crippen molar-refractivity contribution in [2.45, 2.75) is 19.6 Å². The molecule has 0 saturated carbocycles. The summed E-state index contributed by atoms with van der Waals surface area (Å²) < 4.78 is 11.0. The lowest BCUT2D eigenvalue weighted by Crippen LogP contribution is -2.27. The van der Waals surface area contributed by atoms with Gasteiger partial charge in [-0.05, 0) is 18.6 Å². The van der Waals surface area contributed by atoms with Crippen molar-refractivity contribution in [1.29, 1.82) is 0 Å². The number of benzene rings is 2. The van der Waals surface area contributed by atoms with Crippen LogP contribution in [0.25, 0.3) is 11.0 Å². The zero-order chi connectivity index (χ0) is 16.2. The van der Waals surface area contributed by atoms with E-state index in [4.69, 9.17) is 9.15 Å². The fourth-order valence-corrected chi connectivity index (χ4v) is 2.66. The topological polar surface area (TPSA) is 51.5 Å². The van der Waals surface area contributed by atoms with Crippen molar-refractivity contribution >= 4 is 16.9 Å². The molecule has 0 radical (unpaired) electrons. The highest BCUT2D eigenvalue weighted by Gasteiger charge is 2.21. The summed E-state index contributed by atoms with van der Waals surface area (Å²) in [6.45, 7) is 2.28. The van der Waals surface area contributed by atoms with E-state index in [2.05, 4.69) is 5.32 Å². The smallest absolute Gasteiger partial charge is 0.287 e. The molecule has 0 saturated heterocycles. The molecule has 3 aromatic rings. The molecule has 1 amide bonds. The Bertz CT molecular complexity index is 808. The molecule has 2 aromatic carbocycles. The predicted octanol–water partition coefficient (Wildman–Crippen LogP) is 4.07. The highest BCUT2D eigenvalue weighted by atomic mass is 16.5. The first kappa shape index (κ1) is 15.3. The first-order valence-electron chi connectivity index (χ1n) is 7.56. The number of rotatable bonds is 5. The van der Waals surface area contributed by atoms with Gasteiger partial charge >= 0.3 is 0 Å². The number of fused-ring (bicyclic) bond motifs is 1. The summed E-state index contributed by atoms with van der Waals surface area (Å²) in [6.07, 6.45) is 0. The Balaban J connectivity index is 1.90. The fourth-order valence-electron chi connectivity index (χ4n) is 2.66. The maximum atomic E-state index is 12.6. The molecule has 23 heavy (non-hydrogen) atoms. The largest absolute Gasteiger partial charge is 0.451 e. The van der Waals surface area contributed by atoms with E-state index in [-0.39, 0.29) is 11.9 Å². The lowest BCUT2D eigenvalue weighted by molar-refractivity contribution is 0.0907. The van der Waals surface area contributed by atoms with Crippen LogP contribution in [0, 0.1) is 0 Å². The SMILES string of the molecule is COCc1c(C(=O)NC(C)c2ccccc2)oc2ccccc12. The maximum absolute atomic E-state index is 12.6. The molecule has 0 aliphatic carbocycles. The zero-order valence-corrected chi connectivity index (χ0v) is 13.2. The first-order chi connectivity index (χ1) is 11.2. The third-order valence-corrected chi connectivity index (χ3v) is 3.84. The van der Waals surface area contributed by atoms with E-state index in [1.54, 1.807) is 7.11 Å². The number of hydrogen-bond donors (Lipinski definition) is 1. The summed E-state index contributed by atoms with van der Waals surface area (Å²) in [4.78, 5) is 12.6. The van der Waals surface area contributed by atoms with Crippen LogP contribution < -0.4 is 5.32 Å². The van der Waals surface area contributed by atoms with Crippen molar-refractivity contribution in [2.75, 3.05) is 7.11 Å². The van der Waals surface area contributed by atoms with Crippen LogP contribution in [0.1, 0.15) is 34.6 Å². The van der Waals surface area contributed by atoms with Gasteiger partial charge in [0.1, 0.15) is 5.58 Å². The van der Waals surface area contributed by atoms with Crippen molar-refractivity contribution in [3.05, 3.63) is 71.5 Å². The molecule has 0 fully saturated rings. The van der Waals surface area contributed by atoms with Crippen molar-refractivity contribution in [1.82, 2.24) is 5.32 Å². The maximum Gasteiger partial charge on any atom is 0.287 e. The van der Waals surface area contributed by atoms with Crippen LogP contribution in [-0.2, 0) is 11.3 Å². The third kappa shape index (κ3) is 3.12. The summed E-state index contributed by atoms with van der Waals surface area (Å²) in [6, 6.07) is 17.3. The molecule has 118 valence electrons. The van der Waals surface area contributed by atoms with Gasteiger partial charge in [-0.2, -0.15) is 0 Å². The molecule has 1 heterocycles. The minimum atomic E-state index is -0.232. The minimum Gasteiger partial charge on any atom is -0.451 e. The summed E-state index contributed by atoms with van der Waals surface area (Å²) in [5.74, 6) is 0.0837. The van der Waals surface area contributed by atoms with Crippen molar-refractivity contribution in [2.24, 2.45) is 0 Å². The molecule has 0 aliphatic rings. The molecule has 4 heteroatoms. The Labute approximate surface area is 135 Å². The van der Waals surface area contributed by atoms with E-state index in [1.165, 1.54) is 0 Å². The van der Waals surface area contributed by atoms with Gasteiger partial charge in [0.2, 0.25) is 0 Å². The number of furan rings is 1. The van der Waals surface area contributed by atoms with E-state index < -0.39 is 0 Å². The number of hydrogen-bond acceptors (Lipinski definition) is 3. The van der Waals surface area contributed by atoms with E-state index in [1.807, 2.05) is 61.5 Å². The van der Waals surface area contributed by atoms with Gasteiger partial charge in [0.25, 0.3) is 5.91 Å². The van der Waals surface area contributed by atoms with E-state index in [9.17, 15) is 4.79 Å². The number of para-hydroxylation sites is 1. The van der Waals surface area contributed by atoms with Crippen LogP contribution in [0.2, 0.25) is 0 Å². The molecule has 1 aromatic heterocycles. The van der Waals surface area contributed by atoms with Crippen molar-refractivity contribution in [3.63, 3.8) is 0 Å². The number of carbonyl (C=O) groups excluding carboxylic acids is 1. The fraction of sp³-hybridized carbons (Fsp3) is 0.211. The molecule has 4 nitrogen and oxygen atoms in total.